The lowest BCUT2D eigenvalue weighted by molar-refractivity contribution is -0.137. The van der Waals surface area contributed by atoms with E-state index in [1.807, 2.05) is 0 Å². The Labute approximate surface area is 99.5 Å². The minimum Gasteiger partial charge on any atom is -0.478 e. The first-order valence-electron chi connectivity index (χ1n) is 4.33. The van der Waals surface area contributed by atoms with Crippen molar-refractivity contribution in [3.05, 3.63) is 41.1 Å². The highest BCUT2D eigenvalue weighted by atomic mass is 35.5. The monoisotopic (exact) mass is 265 g/mol. The number of hydrogen-bond acceptors (Lipinski definition) is 2. The molecule has 92 valence electrons. The van der Waals surface area contributed by atoms with Crippen LogP contribution in [0.2, 0.25) is 5.02 Å². The fourth-order valence-electron chi connectivity index (χ4n) is 1.04. The summed E-state index contributed by atoms with van der Waals surface area (Å²) in [6, 6.07) is 3.19. The summed E-state index contributed by atoms with van der Waals surface area (Å²) in [4.78, 5) is 10.1. The Hall–Kier alpha value is -1.69. The molecule has 7 heteroatoms. The van der Waals surface area contributed by atoms with Crippen molar-refractivity contribution in [1.82, 2.24) is 0 Å². The second-order valence-electron chi connectivity index (χ2n) is 3.01. The van der Waals surface area contributed by atoms with Gasteiger partial charge in [0, 0.05) is 18.0 Å². The number of halogens is 4. The number of aliphatic carboxylic acids is 1. The van der Waals surface area contributed by atoms with Gasteiger partial charge < -0.3 is 10.4 Å². The first-order chi connectivity index (χ1) is 7.80. The predicted octanol–water partition coefficient (Wildman–Crippen LogP) is 3.37. The van der Waals surface area contributed by atoms with E-state index < -0.39 is 22.7 Å². The highest BCUT2D eigenvalue weighted by Gasteiger charge is 2.33. The maximum absolute atomic E-state index is 12.5. The van der Waals surface area contributed by atoms with E-state index >= 15 is 0 Å². The first-order valence-corrected chi connectivity index (χ1v) is 4.71. The van der Waals surface area contributed by atoms with Crippen LogP contribution in [0.15, 0.2) is 30.5 Å². The zero-order chi connectivity index (χ0) is 13.1. The van der Waals surface area contributed by atoms with E-state index in [4.69, 9.17) is 16.7 Å². The molecule has 0 aliphatic rings. The van der Waals surface area contributed by atoms with E-state index in [9.17, 15) is 18.0 Å². The molecule has 0 saturated heterocycles. The molecule has 0 fully saturated rings. The van der Waals surface area contributed by atoms with Gasteiger partial charge in [0.1, 0.15) is 0 Å². The van der Waals surface area contributed by atoms with Crippen molar-refractivity contribution in [1.29, 1.82) is 0 Å². The van der Waals surface area contributed by atoms with Gasteiger partial charge in [-0.1, -0.05) is 11.6 Å². The van der Waals surface area contributed by atoms with Crippen LogP contribution in [0.25, 0.3) is 0 Å². The lowest BCUT2D eigenvalue weighted by Crippen LogP contribution is -2.06. The number of carbonyl (C=O) groups is 1. The number of nitrogens with one attached hydrogen (secondary N) is 1. The van der Waals surface area contributed by atoms with E-state index in [-0.39, 0.29) is 5.69 Å². The van der Waals surface area contributed by atoms with Gasteiger partial charge in [0.05, 0.1) is 10.6 Å². The van der Waals surface area contributed by atoms with Crippen molar-refractivity contribution < 1.29 is 23.1 Å². The lowest BCUT2D eigenvalue weighted by Gasteiger charge is -2.10. The highest BCUT2D eigenvalue weighted by Crippen LogP contribution is 2.36. The molecule has 0 spiro atoms. The topological polar surface area (TPSA) is 49.3 Å². The Kier molecular flexibility index (Phi) is 4.01. The van der Waals surface area contributed by atoms with E-state index in [2.05, 4.69) is 5.32 Å². The van der Waals surface area contributed by atoms with Gasteiger partial charge in [-0.05, 0) is 18.2 Å². The molecule has 0 atom stereocenters. The van der Waals surface area contributed by atoms with Gasteiger partial charge in [-0.3, -0.25) is 0 Å². The van der Waals surface area contributed by atoms with E-state index in [1.54, 1.807) is 0 Å². The van der Waals surface area contributed by atoms with Crippen LogP contribution < -0.4 is 5.32 Å². The van der Waals surface area contributed by atoms with Gasteiger partial charge in [-0.25, -0.2) is 4.79 Å². The minimum absolute atomic E-state index is 0.0965. The Bertz CT molecular complexity index is 457. The number of carboxylic acids is 1. The normalized spacial score (nSPS) is 11.8. The SMILES string of the molecule is O=C(O)/C=C/Nc1ccc(Cl)c(C(F)(F)F)c1. The zero-order valence-electron chi connectivity index (χ0n) is 8.25. The average Bonchev–Trinajstić information content (AvgIpc) is 2.18. The zero-order valence-corrected chi connectivity index (χ0v) is 9.01. The van der Waals surface area contributed by atoms with Gasteiger partial charge >= 0.3 is 12.1 Å². The van der Waals surface area contributed by atoms with Crippen molar-refractivity contribution in [3.63, 3.8) is 0 Å². The summed E-state index contributed by atoms with van der Waals surface area (Å²) in [6.07, 6.45) is -2.76. The quantitative estimate of drug-likeness (QED) is 0.824. The third-order valence-corrected chi connectivity index (χ3v) is 2.08. The van der Waals surface area contributed by atoms with Crippen LogP contribution in [0, 0.1) is 0 Å². The van der Waals surface area contributed by atoms with Crippen LogP contribution in [0.3, 0.4) is 0 Å². The molecular formula is C10H7ClF3NO2. The Balaban J connectivity index is 2.93. The largest absolute Gasteiger partial charge is 0.478 e. The van der Waals surface area contributed by atoms with E-state index in [0.717, 1.165) is 24.4 Å². The van der Waals surface area contributed by atoms with Crippen LogP contribution >= 0.6 is 11.6 Å². The fourth-order valence-corrected chi connectivity index (χ4v) is 1.27. The smallest absolute Gasteiger partial charge is 0.417 e. The van der Waals surface area contributed by atoms with Crippen LogP contribution in [-0.2, 0) is 11.0 Å². The van der Waals surface area contributed by atoms with Crippen LogP contribution in [-0.4, -0.2) is 11.1 Å². The Morgan fingerprint density at radius 1 is 1.41 bits per heavy atom. The third-order valence-electron chi connectivity index (χ3n) is 1.75. The second-order valence-corrected chi connectivity index (χ2v) is 3.42. The molecular weight excluding hydrogens is 259 g/mol. The van der Waals surface area contributed by atoms with Gasteiger partial charge in [0.25, 0.3) is 0 Å². The summed E-state index contributed by atoms with van der Waals surface area (Å²) in [5.41, 5.74) is -0.882. The Morgan fingerprint density at radius 3 is 2.59 bits per heavy atom. The van der Waals surface area contributed by atoms with Gasteiger partial charge in [-0.2, -0.15) is 13.2 Å². The van der Waals surface area contributed by atoms with Crippen LogP contribution in [0.4, 0.5) is 18.9 Å². The summed E-state index contributed by atoms with van der Waals surface area (Å²) in [6.45, 7) is 0. The van der Waals surface area contributed by atoms with Gasteiger partial charge in [0.15, 0.2) is 0 Å². The molecule has 0 amide bonds. The maximum Gasteiger partial charge on any atom is 0.417 e. The van der Waals surface area contributed by atoms with Crippen LogP contribution in [0.1, 0.15) is 5.56 Å². The molecule has 0 aliphatic carbocycles. The fraction of sp³-hybridized carbons (Fsp3) is 0.100. The number of carboxylic acid groups (broad SMARTS) is 1. The summed E-state index contributed by atoms with van der Waals surface area (Å²) in [7, 11) is 0. The number of anilines is 1. The maximum atomic E-state index is 12.5. The standard InChI is InChI=1S/C10H7ClF3NO2/c11-8-2-1-6(15-4-3-9(16)17)5-7(8)10(12,13)14/h1-5,15H,(H,16,17)/b4-3+. The average molecular weight is 266 g/mol. The highest BCUT2D eigenvalue weighted by molar-refractivity contribution is 6.31. The van der Waals surface area contributed by atoms with E-state index in [1.165, 1.54) is 6.07 Å². The number of alkyl halides is 3. The molecule has 1 aromatic carbocycles. The molecule has 0 bridgehead atoms. The second kappa shape index (κ2) is 5.09. The number of rotatable bonds is 3. The van der Waals surface area contributed by atoms with Crippen molar-refractivity contribution in [2.45, 2.75) is 6.18 Å². The molecule has 0 heterocycles. The molecule has 3 nitrogen and oxygen atoms in total. The molecule has 17 heavy (non-hydrogen) atoms. The van der Waals surface area contributed by atoms with Crippen LogP contribution in [0.5, 0.6) is 0 Å². The van der Waals surface area contributed by atoms with E-state index in [0.29, 0.717) is 0 Å². The first kappa shape index (κ1) is 13.4. The summed E-state index contributed by atoms with van der Waals surface area (Å²) >= 11 is 5.41. The van der Waals surface area contributed by atoms with Crippen molar-refractivity contribution in [2.24, 2.45) is 0 Å². The molecule has 0 radical (unpaired) electrons. The van der Waals surface area contributed by atoms with Crippen molar-refractivity contribution in [3.8, 4) is 0 Å². The molecule has 1 aromatic rings. The summed E-state index contributed by atoms with van der Waals surface area (Å²) in [5.74, 6) is -1.21. The number of benzene rings is 1. The molecule has 2 N–H and O–H groups in total. The van der Waals surface area contributed by atoms with Crippen molar-refractivity contribution >= 4 is 23.3 Å². The van der Waals surface area contributed by atoms with Gasteiger partial charge in [0.2, 0.25) is 0 Å². The molecule has 0 aliphatic heterocycles. The third kappa shape index (κ3) is 3.99. The predicted molar refractivity (Wildman–Crippen MR) is 56.9 cm³/mol. The Morgan fingerprint density at radius 2 is 2.06 bits per heavy atom. The lowest BCUT2D eigenvalue weighted by atomic mass is 10.2. The summed E-state index contributed by atoms with van der Waals surface area (Å²) in [5, 5.41) is 10.3. The molecule has 0 unspecified atom stereocenters. The number of hydrogen-bond donors (Lipinski definition) is 2. The minimum atomic E-state index is -4.55. The molecule has 0 aromatic heterocycles. The molecule has 1 rings (SSSR count). The molecule has 0 saturated carbocycles. The van der Waals surface area contributed by atoms with Crippen molar-refractivity contribution in [2.75, 3.05) is 5.32 Å². The summed E-state index contributed by atoms with van der Waals surface area (Å²) < 4.78 is 37.4. The van der Waals surface area contributed by atoms with Gasteiger partial charge in [-0.15, -0.1) is 0 Å².